The van der Waals surface area contributed by atoms with E-state index in [-0.39, 0.29) is 12.5 Å². The fourth-order valence-electron chi connectivity index (χ4n) is 3.12. The Morgan fingerprint density at radius 1 is 1.09 bits per heavy atom. The van der Waals surface area contributed by atoms with E-state index in [1.165, 1.54) is 11.1 Å². The SMILES string of the molecule is O=C(CC1CCc2ccccc21)NCc1ccc(CO)cc1. The molecular weight excluding hydrogens is 274 g/mol. The minimum Gasteiger partial charge on any atom is -0.392 e. The smallest absolute Gasteiger partial charge is 0.220 e. The van der Waals surface area contributed by atoms with Gasteiger partial charge in [0.25, 0.3) is 0 Å². The van der Waals surface area contributed by atoms with Crippen LogP contribution in [0.15, 0.2) is 48.5 Å². The van der Waals surface area contributed by atoms with Crippen molar-refractivity contribution in [2.45, 2.75) is 38.3 Å². The molecule has 1 amide bonds. The van der Waals surface area contributed by atoms with Crippen LogP contribution in [0.5, 0.6) is 0 Å². The Morgan fingerprint density at radius 3 is 2.59 bits per heavy atom. The lowest BCUT2D eigenvalue weighted by Gasteiger charge is -2.12. The molecule has 1 aliphatic carbocycles. The van der Waals surface area contributed by atoms with Crippen molar-refractivity contribution < 1.29 is 9.90 Å². The summed E-state index contributed by atoms with van der Waals surface area (Å²) in [7, 11) is 0. The van der Waals surface area contributed by atoms with Crippen molar-refractivity contribution in [1.29, 1.82) is 0 Å². The standard InChI is InChI=1S/C19H21NO2/c21-13-15-7-5-14(6-8-15)12-20-19(22)11-17-10-9-16-3-1-2-4-18(16)17/h1-8,17,21H,9-13H2,(H,20,22). The van der Waals surface area contributed by atoms with Gasteiger partial charge in [-0.3, -0.25) is 4.79 Å². The van der Waals surface area contributed by atoms with Gasteiger partial charge in [-0.15, -0.1) is 0 Å². The molecule has 2 aromatic carbocycles. The van der Waals surface area contributed by atoms with Crippen LogP contribution in [0.25, 0.3) is 0 Å². The summed E-state index contributed by atoms with van der Waals surface area (Å²) >= 11 is 0. The predicted molar refractivity (Wildman–Crippen MR) is 86.3 cm³/mol. The van der Waals surface area contributed by atoms with Crippen LogP contribution >= 0.6 is 0 Å². The maximum absolute atomic E-state index is 12.2. The zero-order valence-corrected chi connectivity index (χ0v) is 12.6. The van der Waals surface area contributed by atoms with E-state index in [0.717, 1.165) is 24.0 Å². The van der Waals surface area contributed by atoms with Gasteiger partial charge in [0.15, 0.2) is 0 Å². The highest BCUT2D eigenvalue weighted by Crippen LogP contribution is 2.35. The van der Waals surface area contributed by atoms with E-state index in [4.69, 9.17) is 5.11 Å². The van der Waals surface area contributed by atoms with Crippen LogP contribution < -0.4 is 5.32 Å². The molecule has 0 radical (unpaired) electrons. The number of amides is 1. The number of carbonyl (C=O) groups is 1. The third-order valence-electron chi connectivity index (χ3n) is 4.38. The number of rotatable bonds is 5. The predicted octanol–water partition coefficient (Wildman–Crippen LogP) is 2.92. The molecule has 3 nitrogen and oxygen atoms in total. The first-order valence-electron chi connectivity index (χ1n) is 7.79. The van der Waals surface area contributed by atoms with Gasteiger partial charge in [-0.1, -0.05) is 48.5 Å². The number of nitrogens with one attached hydrogen (secondary N) is 1. The second kappa shape index (κ2) is 6.75. The third kappa shape index (κ3) is 3.37. The molecule has 0 aliphatic heterocycles. The molecule has 0 fully saturated rings. The summed E-state index contributed by atoms with van der Waals surface area (Å²) in [5.74, 6) is 0.459. The molecule has 114 valence electrons. The Kier molecular flexibility index (Phi) is 4.54. The van der Waals surface area contributed by atoms with E-state index >= 15 is 0 Å². The largest absolute Gasteiger partial charge is 0.392 e. The topological polar surface area (TPSA) is 49.3 Å². The Hall–Kier alpha value is -2.13. The van der Waals surface area contributed by atoms with Crippen molar-refractivity contribution in [1.82, 2.24) is 5.32 Å². The van der Waals surface area contributed by atoms with Crippen LogP contribution in [-0.4, -0.2) is 11.0 Å². The van der Waals surface area contributed by atoms with Gasteiger partial charge in [0, 0.05) is 13.0 Å². The first-order valence-corrected chi connectivity index (χ1v) is 7.79. The van der Waals surface area contributed by atoms with Crippen molar-refractivity contribution in [3.8, 4) is 0 Å². The van der Waals surface area contributed by atoms with Gasteiger partial charge in [0.1, 0.15) is 0 Å². The molecule has 3 heteroatoms. The van der Waals surface area contributed by atoms with E-state index in [2.05, 4.69) is 29.6 Å². The minimum atomic E-state index is 0.0493. The van der Waals surface area contributed by atoms with Gasteiger partial charge in [-0.25, -0.2) is 0 Å². The summed E-state index contributed by atoms with van der Waals surface area (Å²) in [5, 5.41) is 12.0. The van der Waals surface area contributed by atoms with Crippen LogP contribution in [0.2, 0.25) is 0 Å². The number of fused-ring (bicyclic) bond motifs is 1. The van der Waals surface area contributed by atoms with Gasteiger partial charge in [-0.2, -0.15) is 0 Å². The molecule has 1 aliphatic rings. The van der Waals surface area contributed by atoms with Crippen LogP contribution in [-0.2, 0) is 24.4 Å². The lowest BCUT2D eigenvalue weighted by atomic mass is 9.97. The third-order valence-corrected chi connectivity index (χ3v) is 4.38. The number of benzene rings is 2. The summed E-state index contributed by atoms with van der Waals surface area (Å²) in [4.78, 5) is 12.2. The lowest BCUT2D eigenvalue weighted by molar-refractivity contribution is -0.121. The van der Waals surface area contributed by atoms with Crippen molar-refractivity contribution in [3.05, 3.63) is 70.8 Å². The summed E-state index contributed by atoms with van der Waals surface area (Å²) in [6.45, 7) is 0.590. The second-order valence-electron chi connectivity index (χ2n) is 5.89. The minimum absolute atomic E-state index is 0.0493. The normalized spacial score (nSPS) is 16.3. The average molecular weight is 295 g/mol. The molecule has 22 heavy (non-hydrogen) atoms. The van der Waals surface area contributed by atoms with Crippen LogP contribution in [0.4, 0.5) is 0 Å². The van der Waals surface area contributed by atoms with E-state index in [1.807, 2.05) is 24.3 Å². The molecule has 1 atom stereocenters. The highest BCUT2D eigenvalue weighted by atomic mass is 16.3. The van der Waals surface area contributed by atoms with E-state index in [9.17, 15) is 4.79 Å². The number of aliphatic hydroxyl groups excluding tert-OH is 1. The number of hydrogen-bond donors (Lipinski definition) is 2. The summed E-state index contributed by atoms with van der Waals surface area (Å²) in [6, 6.07) is 16.1. The second-order valence-corrected chi connectivity index (χ2v) is 5.89. The van der Waals surface area contributed by atoms with Crippen molar-refractivity contribution >= 4 is 5.91 Å². The maximum atomic E-state index is 12.2. The molecule has 0 aromatic heterocycles. The van der Waals surface area contributed by atoms with Crippen molar-refractivity contribution in [2.24, 2.45) is 0 Å². The van der Waals surface area contributed by atoms with Crippen LogP contribution in [0, 0.1) is 0 Å². The van der Waals surface area contributed by atoms with Gasteiger partial charge < -0.3 is 10.4 Å². The number of carbonyl (C=O) groups excluding carboxylic acids is 1. The molecule has 0 bridgehead atoms. The average Bonchev–Trinajstić information content (AvgIpc) is 2.97. The molecule has 0 saturated heterocycles. The molecule has 1 unspecified atom stereocenters. The van der Waals surface area contributed by atoms with Gasteiger partial charge >= 0.3 is 0 Å². The van der Waals surface area contributed by atoms with Crippen molar-refractivity contribution in [3.63, 3.8) is 0 Å². The van der Waals surface area contributed by atoms with Crippen LogP contribution in [0.3, 0.4) is 0 Å². The monoisotopic (exact) mass is 295 g/mol. The molecule has 2 N–H and O–H groups in total. The van der Waals surface area contributed by atoms with Gasteiger partial charge in [0.2, 0.25) is 5.91 Å². The molecule has 0 spiro atoms. The summed E-state index contributed by atoms with van der Waals surface area (Å²) < 4.78 is 0. The van der Waals surface area contributed by atoms with E-state index in [0.29, 0.717) is 18.9 Å². The number of aryl methyl sites for hydroxylation is 1. The molecular formula is C19H21NO2. The maximum Gasteiger partial charge on any atom is 0.220 e. The van der Waals surface area contributed by atoms with Crippen molar-refractivity contribution in [2.75, 3.05) is 0 Å². The van der Waals surface area contributed by atoms with E-state index in [1.54, 1.807) is 0 Å². The Bertz CT molecular complexity index is 649. The highest BCUT2D eigenvalue weighted by molar-refractivity contribution is 5.77. The Balaban J connectivity index is 1.53. The number of hydrogen-bond acceptors (Lipinski definition) is 2. The van der Waals surface area contributed by atoms with E-state index < -0.39 is 0 Å². The molecule has 3 rings (SSSR count). The Labute approximate surface area is 131 Å². The first kappa shape index (κ1) is 14.8. The Morgan fingerprint density at radius 2 is 1.82 bits per heavy atom. The van der Waals surface area contributed by atoms with Gasteiger partial charge in [0.05, 0.1) is 6.61 Å². The fraction of sp³-hybridized carbons (Fsp3) is 0.316. The molecule has 0 saturated carbocycles. The summed E-state index contributed by atoms with van der Waals surface area (Å²) in [5.41, 5.74) is 4.67. The van der Waals surface area contributed by atoms with Gasteiger partial charge in [-0.05, 0) is 41.0 Å². The zero-order chi connectivity index (χ0) is 15.4. The number of aliphatic hydroxyl groups is 1. The fourth-order valence-corrected chi connectivity index (χ4v) is 3.12. The highest BCUT2D eigenvalue weighted by Gasteiger charge is 2.23. The molecule has 0 heterocycles. The zero-order valence-electron chi connectivity index (χ0n) is 12.6. The first-order chi connectivity index (χ1) is 10.8. The molecule has 2 aromatic rings. The summed E-state index contributed by atoms with van der Waals surface area (Å²) in [6.07, 6.45) is 2.71. The van der Waals surface area contributed by atoms with Crippen LogP contribution in [0.1, 0.15) is 41.0 Å². The lowest BCUT2D eigenvalue weighted by Crippen LogP contribution is -2.24. The quantitative estimate of drug-likeness (QED) is 0.891.